The first-order valence-corrected chi connectivity index (χ1v) is 6.41. The number of hydrogen-bond acceptors (Lipinski definition) is 4. The van der Waals surface area contributed by atoms with Crippen molar-refractivity contribution < 1.29 is 9.52 Å². The SMILES string of the molecule is CCCCN=C(C)c1c(O)c2ccccc2oc1=O. The maximum absolute atomic E-state index is 11.9. The molecule has 4 heteroatoms. The van der Waals surface area contributed by atoms with E-state index in [1.165, 1.54) is 0 Å². The zero-order valence-electron chi connectivity index (χ0n) is 11.1. The van der Waals surface area contributed by atoms with Gasteiger partial charge in [-0.3, -0.25) is 4.99 Å². The number of hydrogen-bond donors (Lipinski definition) is 1. The third kappa shape index (κ3) is 2.67. The fourth-order valence-electron chi connectivity index (χ4n) is 1.94. The highest BCUT2D eigenvalue weighted by molar-refractivity contribution is 6.04. The molecule has 2 rings (SSSR count). The van der Waals surface area contributed by atoms with E-state index in [2.05, 4.69) is 11.9 Å². The Labute approximate surface area is 111 Å². The van der Waals surface area contributed by atoms with Crippen molar-refractivity contribution in [3.63, 3.8) is 0 Å². The molecule has 0 saturated carbocycles. The first-order valence-electron chi connectivity index (χ1n) is 6.41. The van der Waals surface area contributed by atoms with Crippen molar-refractivity contribution in [3.8, 4) is 5.75 Å². The van der Waals surface area contributed by atoms with E-state index in [-0.39, 0.29) is 11.3 Å². The first-order chi connectivity index (χ1) is 9.15. The van der Waals surface area contributed by atoms with Crippen LogP contribution >= 0.6 is 0 Å². The minimum atomic E-state index is -0.547. The molecule has 0 aliphatic carbocycles. The monoisotopic (exact) mass is 259 g/mol. The Kier molecular flexibility index (Phi) is 4.00. The lowest BCUT2D eigenvalue weighted by molar-refractivity contribution is 0.466. The largest absolute Gasteiger partial charge is 0.506 e. The summed E-state index contributed by atoms with van der Waals surface area (Å²) in [6.45, 7) is 4.44. The van der Waals surface area contributed by atoms with Gasteiger partial charge in [0.25, 0.3) is 0 Å². The predicted octanol–water partition coefficient (Wildman–Crippen LogP) is 3.11. The van der Waals surface area contributed by atoms with E-state index in [4.69, 9.17) is 4.42 Å². The Bertz CT molecular complexity index is 671. The van der Waals surface area contributed by atoms with Crippen LogP contribution in [-0.2, 0) is 0 Å². The average Bonchev–Trinajstić information content (AvgIpc) is 2.39. The second-order valence-corrected chi connectivity index (χ2v) is 4.43. The Hall–Kier alpha value is -2.10. The molecular formula is C15H17NO3. The molecule has 0 atom stereocenters. The number of unbranched alkanes of at least 4 members (excludes halogenated alkanes) is 1. The van der Waals surface area contributed by atoms with Gasteiger partial charge in [0.2, 0.25) is 0 Å². The molecule has 2 aromatic rings. The molecule has 1 N–H and O–H groups in total. The number of aromatic hydroxyl groups is 1. The quantitative estimate of drug-likeness (QED) is 0.521. The molecule has 19 heavy (non-hydrogen) atoms. The first kappa shape index (κ1) is 13.3. The lowest BCUT2D eigenvalue weighted by Gasteiger charge is -2.05. The molecular weight excluding hydrogens is 242 g/mol. The highest BCUT2D eigenvalue weighted by Crippen LogP contribution is 2.26. The summed E-state index contributed by atoms with van der Waals surface area (Å²) in [7, 11) is 0. The van der Waals surface area contributed by atoms with Crippen LogP contribution in [0.4, 0.5) is 0 Å². The molecule has 0 radical (unpaired) electrons. The van der Waals surface area contributed by atoms with E-state index in [1.807, 2.05) is 0 Å². The van der Waals surface area contributed by atoms with Gasteiger partial charge in [0, 0.05) is 6.54 Å². The number of aliphatic imine (C=N–C) groups is 1. The summed E-state index contributed by atoms with van der Waals surface area (Å²) in [5.74, 6) is -0.0513. The second-order valence-electron chi connectivity index (χ2n) is 4.43. The fourth-order valence-corrected chi connectivity index (χ4v) is 1.94. The number of benzene rings is 1. The molecule has 0 unspecified atom stereocenters. The number of fused-ring (bicyclic) bond motifs is 1. The Balaban J connectivity index is 2.54. The smallest absolute Gasteiger partial charge is 0.349 e. The molecule has 100 valence electrons. The van der Waals surface area contributed by atoms with Crippen LogP contribution in [0.2, 0.25) is 0 Å². The van der Waals surface area contributed by atoms with E-state index in [1.54, 1.807) is 31.2 Å². The summed E-state index contributed by atoms with van der Waals surface area (Å²) >= 11 is 0. The van der Waals surface area contributed by atoms with Crippen LogP contribution in [0, 0.1) is 0 Å². The van der Waals surface area contributed by atoms with Crippen LogP contribution in [0.3, 0.4) is 0 Å². The van der Waals surface area contributed by atoms with Crippen molar-refractivity contribution in [1.29, 1.82) is 0 Å². The fraction of sp³-hybridized carbons (Fsp3) is 0.333. The Morgan fingerprint density at radius 3 is 2.84 bits per heavy atom. The molecule has 4 nitrogen and oxygen atoms in total. The lowest BCUT2D eigenvalue weighted by Crippen LogP contribution is -2.13. The van der Waals surface area contributed by atoms with E-state index in [9.17, 15) is 9.90 Å². The minimum absolute atomic E-state index is 0.0513. The molecule has 0 aliphatic rings. The van der Waals surface area contributed by atoms with E-state index in [0.717, 1.165) is 12.8 Å². The van der Waals surface area contributed by atoms with Crippen LogP contribution in [0.1, 0.15) is 32.3 Å². The van der Waals surface area contributed by atoms with Gasteiger partial charge in [-0.15, -0.1) is 0 Å². The molecule has 0 spiro atoms. The standard InChI is InChI=1S/C15H17NO3/c1-3-4-9-16-10(2)13-14(17)11-7-5-6-8-12(11)19-15(13)18/h5-8,17H,3-4,9H2,1-2H3. The van der Waals surface area contributed by atoms with Gasteiger partial charge in [0.15, 0.2) is 0 Å². The highest BCUT2D eigenvalue weighted by atomic mass is 16.4. The van der Waals surface area contributed by atoms with Crippen molar-refractivity contribution in [2.24, 2.45) is 4.99 Å². The summed E-state index contributed by atoms with van der Waals surface area (Å²) in [5.41, 5.74) is 0.518. The van der Waals surface area contributed by atoms with Crippen molar-refractivity contribution in [1.82, 2.24) is 0 Å². The summed E-state index contributed by atoms with van der Waals surface area (Å²) in [6.07, 6.45) is 1.99. The molecule has 1 aromatic carbocycles. The van der Waals surface area contributed by atoms with Crippen LogP contribution in [-0.4, -0.2) is 17.4 Å². The average molecular weight is 259 g/mol. The number of rotatable bonds is 4. The Morgan fingerprint density at radius 2 is 2.11 bits per heavy atom. The summed E-state index contributed by atoms with van der Waals surface area (Å²) in [4.78, 5) is 16.2. The molecule has 1 heterocycles. The topological polar surface area (TPSA) is 62.8 Å². The molecule has 0 aliphatic heterocycles. The summed E-state index contributed by atoms with van der Waals surface area (Å²) in [6, 6.07) is 6.92. The lowest BCUT2D eigenvalue weighted by atomic mass is 10.1. The van der Waals surface area contributed by atoms with E-state index in [0.29, 0.717) is 23.2 Å². The van der Waals surface area contributed by atoms with Gasteiger partial charge in [-0.2, -0.15) is 0 Å². The van der Waals surface area contributed by atoms with Crippen LogP contribution in [0.25, 0.3) is 11.0 Å². The molecule has 0 saturated heterocycles. The summed E-state index contributed by atoms with van der Waals surface area (Å²) in [5, 5.41) is 10.7. The molecule has 0 amide bonds. The van der Waals surface area contributed by atoms with E-state index >= 15 is 0 Å². The van der Waals surface area contributed by atoms with Gasteiger partial charge in [-0.1, -0.05) is 25.5 Å². The van der Waals surface area contributed by atoms with Crippen LogP contribution in [0.15, 0.2) is 38.5 Å². The van der Waals surface area contributed by atoms with Crippen molar-refractivity contribution in [2.45, 2.75) is 26.7 Å². The minimum Gasteiger partial charge on any atom is -0.506 e. The second kappa shape index (κ2) is 5.69. The third-order valence-corrected chi connectivity index (χ3v) is 3.01. The van der Waals surface area contributed by atoms with Crippen LogP contribution in [0.5, 0.6) is 5.75 Å². The predicted molar refractivity (Wildman–Crippen MR) is 76.1 cm³/mol. The van der Waals surface area contributed by atoms with E-state index < -0.39 is 5.63 Å². The summed E-state index contributed by atoms with van der Waals surface area (Å²) < 4.78 is 5.20. The van der Waals surface area contributed by atoms with Crippen LogP contribution < -0.4 is 5.63 Å². The van der Waals surface area contributed by atoms with Gasteiger partial charge in [-0.25, -0.2) is 4.79 Å². The van der Waals surface area contributed by atoms with Crippen molar-refractivity contribution in [3.05, 3.63) is 40.2 Å². The third-order valence-electron chi connectivity index (χ3n) is 3.01. The molecule has 0 fully saturated rings. The van der Waals surface area contributed by atoms with Gasteiger partial charge in [0.1, 0.15) is 16.9 Å². The number of para-hydroxylation sites is 1. The maximum Gasteiger partial charge on any atom is 0.349 e. The Morgan fingerprint density at radius 1 is 1.37 bits per heavy atom. The normalized spacial score (nSPS) is 12.0. The van der Waals surface area contributed by atoms with Crippen molar-refractivity contribution in [2.75, 3.05) is 6.54 Å². The zero-order chi connectivity index (χ0) is 13.8. The highest BCUT2D eigenvalue weighted by Gasteiger charge is 2.15. The van der Waals surface area contributed by atoms with Gasteiger partial charge < -0.3 is 9.52 Å². The van der Waals surface area contributed by atoms with Crippen molar-refractivity contribution >= 4 is 16.7 Å². The molecule has 1 aromatic heterocycles. The number of nitrogens with zero attached hydrogens (tertiary/aromatic N) is 1. The molecule has 0 bridgehead atoms. The zero-order valence-corrected chi connectivity index (χ0v) is 11.1. The van der Waals surface area contributed by atoms with Gasteiger partial charge in [-0.05, 0) is 25.5 Å². The van der Waals surface area contributed by atoms with Gasteiger partial charge >= 0.3 is 5.63 Å². The van der Waals surface area contributed by atoms with Gasteiger partial charge in [0.05, 0.1) is 11.1 Å². The maximum atomic E-state index is 11.9.